The van der Waals surface area contributed by atoms with Crippen LogP contribution >= 0.6 is 0 Å². The highest BCUT2D eigenvalue weighted by Crippen LogP contribution is 2.36. The second kappa shape index (κ2) is 10.0. The van der Waals surface area contributed by atoms with E-state index in [1.807, 2.05) is 4.90 Å². The largest absolute Gasteiger partial charge is 0.416 e. The molecule has 2 aromatic rings. The van der Waals surface area contributed by atoms with Gasteiger partial charge in [0.2, 0.25) is 5.91 Å². The van der Waals surface area contributed by atoms with Crippen molar-refractivity contribution in [2.24, 2.45) is 0 Å². The number of halogens is 6. The molecular formula is C21H22F6N4O3. The molecule has 1 fully saturated rings. The summed E-state index contributed by atoms with van der Waals surface area (Å²) in [6.07, 6.45) is -8.33. The molecule has 1 aromatic carbocycles. The molecule has 0 radical (unpaired) electrons. The molecule has 0 saturated carbocycles. The van der Waals surface area contributed by atoms with Gasteiger partial charge in [-0.25, -0.2) is 0 Å². The lowest BCUT2D eigenvalue weighted by atomic mass is 10.0. The van der Waals surface area contributed by atoms with Gasteiger partial charge in [0.05, 0.1) is 11.1 Å². The molecular weight excluding hydrogens is 470 g/mol. The van der Waals surface area contributed by atoms with Crippen LogP contribution < -0.4 is 5.32 Å². The van der Waals surface area contributed by atoms with E-state index in [0.717, 1.165) is 30.8 Å². The van der Waals surface area contributed by atoms with E-state index in [4.69, 9.17) is 4.52 Å². The first-order valence-electron chi connectivity index (χ1n) is 10.4. The molecule has 0 atom stereocenters. The second-order valence-corrected chi connectivity index (χ2v) is 7.94. The van der Waals surface area contributed by atoms with Crippen LogP contribution in [-0.2, 0) is 17.1 Å². The zero-order valence-electron chi connectivity index (χ0n) is 18.1. The first-order chi connectivity index (χ1) is 15.8. The van der Waals surface area contributed by atoms with Crippen molar-refractivity contribution in [3.63, 3.8) is 0 Å². The molecule has 3 rings (SSSR count). The lowest BCUT2D eigenvalue weighted by Gasteiger charge is -2.25. The van der Waals surface area contributed by atoms with E-state index >= 15 is 0 Å². The van der Waals surface area contributed by atoms with E-state index in [9.17, 15) is 35.9 Å². The minimum atomic E-state index is -5.10. The van der Waals surface area contributed by atoms with E-state index < -0.39 is 47.4 Å². The Labute approximate surface area is 190 Å². The molecule has 2 amide bonds. The summed E-state index contributed by atoms with van der Waals surface area (Å²) in [6, 6.07) is 2.08. The maximum Gasteiger partial charge on any atom is 0.416 e. The average Bonchev–Trinajstić information content (AvgIpc) is 3.40. The third-order valence-corrected chi connectivity index (χ3v) is 5.24. The summed E-state index contributed by atoms with van der Waals surface area (Å²) in [5, 5.41) is 5.97. The maximum atomic E-state index is 13.2. The third-order valence-electron chi connectivity index (χ3n) is 5.24. The van der Waals surface area contributed by atoms with Crippen molar-refractivity contribution in [1.29, 1.82) is 0 Å². The number of carbonyl (C=O) groups excluding carboxylic acids is 2. The Kier molecular flexibility index (Phi) is 7.54. The van der Waals surface area contributed by atoms with E-state index in [1.54, 1.807) is 6.92 Å². The standard InChI is InChI=1S/C21H22F6N4O3/c1-13-8-17(29-34-13)28-18(32)12-31(7-6-30-4-2-3-5-30)19(33)14-9-15(20(22,23)24)11-16(10-14)21(25,26)27/h8-11H,2-7,12H2,1H3,(H,28,29,32). The van der Waals surface area contributed by atoms with Crippen LogP contribution in [0.15, 0.2) is 28.8 Å². The quantitative estimate of drug-likeness (QED) is 0.587. The predicted molar refractivity (Wildman–Crippen MR) is 108 cm³/mol. The van der Waals surface area contributed by atoms with Crippen LogP contribution in [0.3, 0.4) is 0 Å². The van der Waals surface area contributed by atoms with E-state index in [0.29, 0.717) is 24.4 Å². The van der Waals surface area contributed by atoms with Gasteiger partial charge in [0, 0.05) is 24.7 Å². The molecule has 186 valence electrons. The number of hydrogen-bond acceptors (Lipinski definition) is 5. The molecule has 7 nitrogen and oxygen atoms in total. The van der Waals surface area contributed by atoms with Crippen molar-refractivity contribution < 1.29 is 40.5 Å². The van der Waals surface area contributed by atoms with Crippen molar-refractivity contribution in [3.8, 4) is 0 Å². The fourth-order valence-electron chi connectivity index (χ4n) is 3.56. The van der Waals surface area contributed by atoms with Crippen molar-refractivity contribution >= 4 is 17.6 Å². The summed E-state index contributed by atoms with van der Waals surface area (Å²) >= 11 is 0. The zero-order valence-corrected chi connectivity index (χ0v) is 18.1. The summed E-state index contributed by atoms with van der Waals surface area (Å²) in [4.78, 5) is 28.4. The maximum absolute atomic E-state index is 13.2. The molecule has 1 aliphatic heterocycles. The van der Waals surface area contributed by atoms with Crippen molar-refractivity contribution in [2.45, 2.75) is 32.1 Å². The summed E-state index contributed by atoms with van der Waals surface area (Å²) in [7, 11) is 0. The monoisotopic (exact) mass is 492 g/mol. The third kappa shape index (κ3) is 6.72. The van der Waals surface area contributed by atoms with Gasteiger partial charge >= 0.3 is 12.4 Å². The smallest absolute Gasteiger partial charge is 0.360 e. The summed E-state index contributed by atoms with van der Waals surface area (Å²) in [6.45, 7) is 2.72. The first-order valence-corrected chi connectivity index (χ1v) is 10.4. The molecule has 0 unspecified atom stereocenters. The van der Waals surface area contributed by atoms with E-state index in [-0.39, 0.29) is 18.4 Å². The summed E-state index contributed by atoms with van der Waals surface area (Å²) < 4.78 is 84.2. The Morgan fingerprint density at radius 2 is 1.62 bits per heavy atom. The number of carbonyl (C=O) groups is 2. The highest BCUT2D eigenvalue weighted by molar-refractivity contribution is 5.99. The van der Waals surface area contributed by atoms with Crippen molar-refractivity contribution in [3.05, 3.63) is 46.7 Å². The Balaban J connectivity index is 1.87. The summed E-state index contributed by atoms with van der Waals surface area (Å²) in [5.74, 6) is -1.39. The van der Waals surface area contributed by atoms with Gasteiger partial charge in [-0.2, -0.15) is 26.3 Å². The van der Waals surface area contributed by atoms with Gasteiger partial charge in [0.1, 0.15) is 12.3 Å². The van der Waals surface area contributed by atoms with Gasteiger partial charge in [-0.15, -0.1) is 0 Å². The molecule has 1 aromatic heterocycles. The number of hydrogen-bond donors (Lipinski definition) is 1. The number of alkyl halides is 6. The number of aryl methyl sites for hydroxylation is 1. The molecule has 0 spiro atoms. The number of nitrogens with one attached hydrogen (secondary N) is 1. The Morgan fingerprint density at radius 3 is 2.12 bits per heavy atom. The lowest BCUT2D eigenvalue weighted by molar-refractivity contribution is -0.143. The number of likely N-dealkylation sites (tertiary alicyclic amines) is 1. The molecule has 13 heteroatoms. The molecule has 1 saturated heterocycles. The number of anilines is 1. The topological polar surface area (TPSA) is 78.7 Å². The van der Waals surface area contributed by atoms with E-state index in [2.05, 4.69) is 10.5 Å². The number of aromatic nitrogens is 1. The highest BCUT2D eigenvalue weighted by Gasteiger charge is 2.38. The SMILES string of the molecule is Cc1cc(NC(=O)CN(CCN2CCCC2)C(=O)c2cc(C(F)(F)F)cc(C(F)(F)F)c2)no1. The van der Waals surface area contributed by atoms with Crippen LogP contribution in [-0.4, -0.2) is 59.5 Å². The molecule has 0 bridgehead atoms. The van der Waals surface area contributed by atoms with Gasteiger partial charge < -0.3 is 19.6 Å². The van der Waals surface area contributed by atoms with Crippen molar-refractivity contribution in [1.82, 2.24) is 15.0 Å². The molecule has 0 aliphatic carbocycles. The minimum absolute atomic E-state index is 0.0506. The average molecular weight is 492 g/mol. The Morgan fingerprint density at radius 1 is 1.03 bits per heavy atom. The van der Waals surface area contributed by atoms with Gasteiger partial charge in [-0.3, -0.25) is 9.59 Å². The van der Waals surface area contributed by atoms with Crippen molar-refractivity contribution in [2.75, 3.05) is 38.0 Å². The van der Waals surface area contributed by atoms with Gasteiger partial charge in [-0.1, -0.05) is 5.16 Å². The second-order valence-electron chi connectivity index (χ2n) is 7.94. The van der Waals surface area contributed by atoms with Crippen LogP contribution in [0.5, 0.6) is 0 Å². The zero-order chi connectivity index (χ0) is 25.1. The first kappa shape index (κ1) is 25.5. The molecule has 1 aliphatic rings. The Hall–Kier alpha value is -3.09. The Bertz CT molecular complexity index is 996. The van der Waals surface area contributed by atoms with Crippen LogP contribution in [0.2, 0.25) is 0 Å². The number of benzene rings is 1. The fourth-order valence-corrected chi connectivity index (χ4v) is 3.56. The molecule has 1 N–H and O–H groups in total. The normalized spacial score (nSPS) is 14.9. The van der Waals surface area contributed by atoms with Gasteiger partial charge in [0.15, 0.2) is 5.82 Å². The van der Waals surface area contributed by atoms with E-state index in [1.165, 1.54) is 6.07 Å². The molecule has 34 heavy (non-hydrogen) atoms. The van der Waals surface area contributed by atoms with Crippen LogP contribution in [0.4, 0.5) is 32.2 Å². The fraction of sp³-hybridized carbons (Fsp3) is 0.476. The van der Waals surface area contributed by atoms with Gasteiger partial charge in [0.25, 0.3) is 5.91 Å². The highest BCUT2D eigenvalue weighted by atomic mass is 19.4. The lowest BCUT2D eigenvalue weighted by Crippen LogP contribution is -2.42. The van der Waals surface area contributed by atoms with Crippen LogP contribution in [0, 0.1) is 6.92 Å². The number of rotatable bonds is 7. The predicted octanol–water partition coefficient (Wildman–Crippen LogP) is 4.20. The van der Waals surface area contributed by atoms with Gasteiger partial charge in [-0.05, 0) is 51.1 Å². The number of amides is 2. The summed E-state index contributed by atoms with van der Waals surface area (Å²) in [5.41, 5.74) is -4.02. The van der Waals surface area contributed by atoms with Crippen LogP contribution in [0.1, 0.15) is 40.1 Å². The van der Waals surface area contributed by atoms with Crippen LogP contribution in [0.25, 0.3) is 0 Å². The number of nitrogens with zero attached hydrogens (tertiary/aromatic N) is 3. The molecule has 2 heterocycles. The minimum Gasteiger partial charge on any atom is -0.360 e.